The van der Waals surface area contributed by atoms with Gasteiger partial charge in [-0.1, -0.05) is 18.2 Å². The van der Waals surface area contributed by atoms with Crippen LogP contribution in [0.2, 0.25) is 0 Å². The normalized spacial score (nSPS) is 12.7. The van der Waals surface area contributed by atoms with E-state index >= 15 is 0 Å². The molecule has 0 bridgehead atoms. The molecule has 2 rings (SSSR count). The van der Waals surface area contributed by atoms with E-state index in [-0.39, 0.29) is 11.7 Å². The first-order valence-corrected chi connectivity index (χ1v) is 6.56. The molecule has 0 spiro atoms. The summed E-state index contributed by atoms with van der Waals surface area (Å²) in [6.07, 6.45) is -3.13. The summed E-state index contributed by atoms with van der Waals surface area (Å²) in [6.45, 7) is 0.431. The summed E-state index contributed by atoms with van der Waals surface area (Å²) >= 11 is 0. The number of amides is 1. The van der Waals surface area contributed by atoms with Gasteiger partial charge in [-0.3, -0.25) is 9.48 Å². The van der Waals surface area contributed by atoms with E-state index < -0.39 is 18.8 Å². The van der Waals surface area contributed by atoms with Gasteiger partial charge in [-0.15, -0.1) is 0 Å². The summed E-state index contributed by atoms with van der Waals surface area (Å²) in [6, 6.07) is 9.61. The largest absolute Gasteiger partial charge is 0.408 e. The minimum absolute atomic E-state index is 0.208. The fourth-order valence-corrected chi connectivity index (χ4v) is 1.77. The predicted octanol–water partition coefficient (Wildman–Crippen LogP) is 2.88. The van der Waals surface area contributed by atoms with Crippen LogP contribution in [-0.4, -0.2) is 27.9 Å². The molecule has 118 valence electrons. The molecule has 1 heterocycles. The molecule has 0 saturated carbocycles. The van der Waals surface area contributed by atoms with Gasteiger partial charge in [0.05, 0.1) is 0 Å². The first-order chi connectivity index (χ1) is 10.3. The van der Waals surface area contributed by atoms with Crippen molar-refractivity contribution in [2.45, 2.75) is 25.7 Å². The third kappa shape index (κ3) is 4.80. The number of aromatic nitrogens is 2. The zero-order valence-electron chi connectivity index (χ0n) is 11.8. The Morgan fingerprint density at radius 1 is 1.27 bits per heavy atom. The second-order valence-corrected chi connectivity index (χ2v) is 4.74. The molecule has 8 heteroatoms. The van der Waals surface area contributed by atoms with E-state index in [1.54, 1.807) is 31.2 Å². The molecule has 0 aliphatic rings. The van der Waals surface area contributed by atoms with Crippen LogP contribution in [0.25, 0.3) is 0 Å². The summed E-state index contributed by atoms with van der Waals surface area (Å²) in [5.41, 5.74) is 0.642. The molecule has 0 aliphatic heterocycles. The monoisotopic (exact) mass is 312 g/mol. The first-order valence-electron chi connectivity index (χ1n) is 6.56. The lowest BCUT2D eigenvalue weighted by atomic mass is 10.2. The van der Waals surface area contributed by atoms with Crippen molar-refractivity contribution in [1.82, 2.24) is 9.78 Å². The number of carbonyl (C=O) groups is 1. The van der Waals surface area contributed by atoms with Crippen molar-refractivity contribution >= 4 is 17.4 Å². The molecular formula is C14H15F3N4O. The van der Waals surface area contributed by atoms with Gasteiger partial charge in [0.1, 0.15) is 18.4 Å². The van der Waals surface area contributed by atoms with Gasteiger partial charge in [0.15, 0.2) is 0 Å². The van der Waals surface area contributed by atoms with Crippen molar-refractivity contribution in [2.75, 3.05) is 10.6 Å². The van der Waals surface area contributed by atoms with Crippen LogP contribution in [0.3, 0.4) is 0 Å². The van der Waals surface area contributed by atoms with Crippen molar-refractivity contribution in [3.63, 3.8) is 0 Å². The van der Waals surface area contributed by atoms with Crippen LogP contribution in [0.15, 0.2) is 42.6 Å². The first kappa shape index (κ1) is 15.9. The average Bonchev–Trinajstić information content (AvgIpc) is 2.84. The lowest BCUT2D eigenvalue weighted by molar-refractivity contribution is -0.142. The minimum Gasteiger partial charge on any atom is -0.357 e. The molecule has 1 amide bonds. The zero-order chi connectivity index (χ0) is 16.2. The maximum Gasteiger partial charge on any atom is 0.408 e. The van der Waals surface area contributed by atoms with Crippen LogP contribution in [-0.2, 0) is 11.3 Å². The number of anilines is 2. The zero-order valence-corrected chi connectivity index (χ0v) is 11.8. The van der Waals surface area contributed by atoms with E-state index in [9.17, 15) is 18.0 Å². The summed E-state index contributed by atoms with van der Waals surface area (Å²) in [5.74, 6) is -0.100. The molecule has 2 aromatic rings. The van der Waals surface area contributed by atoms with E-state index in [0.29, 0.717) is 5.69 Å². The summed E-state index contributed by atoms with van der Waals surface area (Å²) in [4.78, 5) is 12.0. The Morgan fingerprint density at radius 3 is 2.59 bits per heavy atom. The Labute approximate surface area is 125 Å². The molecule has 1 aromatic carbocycles. The fraction of sp³-hybridized carbons (Fsp3) is 0.286. The molecule has 2 N–H and O–H groups in total. The van der Waals surface area contributed by atoms with Crippen LogP contribution in [0.1, 0.15) is 6.92 Å². The molecule has 0 unspecified atom stereocenters. The summed E-state index contributed by atoms with van der Waals surface area (Å²) in [5, 5.41) is 9.18. The number of carbonyl (C=O) groups excluding carboxylic acids is 1. The maximum atomic E-state index is 12.2. The Bertz CT molecular complexity index is 625. The van der Waals surface area contributed by atoms with Crippen LogP contribution >= 0.6 is 0 Å². The quantitative estimate of drug-likeness (QED) is 0.892. The molecule has 0 radical (unpaired) electrons. The van der Waals surface area contributed by atoms with E-state index in [4.69, 9.17) is 0 Å². The Kier molecular flexibility index (Phi) is 4.69. The average molecular weight is 312 g/mol. The third-order valence-electron chi connectivity index (χ3n) is 2.78. The van der Waals surface area contributed by atoms with Gasteiger partial charge in [-0.05, 0) is 19.1 Å². The third-order valence-corrected chi connectivity index (χ3v) is 2.78. The highest BCUT2D eigenvalue weighted by molar-refractivity contribution is 5.96. The second-order valence-electron chi connectivity index (χ2n) is 4.74. The lowest BCUT2D eigenvalue weighted by Gasteiger charge is -2.13. The molecule has 0 saturated heterocycles. The van der Waals surface area contributed by atoms with E-state index in [1.165, 1.54) is 12.3 Å². The standard InChI is InChI=1S/C14H15F3N4O/c1-10(13(22)19-11-5-3-2-4-6-11)18-12-7-8-21(20-12)9-14(15,16)17/h2-8,10H,9H2,1H3,(H,18,20)(H,19,22)/t10-/m0/s1. The number of para-hydroxylation sites is 1. The van der Waals surface area contributed by atoms with Gasteiger partial charge < -0.3 is 10.6 Å². The van der Waals surface area contributed by atoms with Crippen molar-refractivity contribution in [3.8, 4) is 0 Å². The maximum absolute atomic E-state index is 12.2. The number of alkyl halides is 3. The van der Waals surface area contributed by atoms with Crippen molar-refractivity contribution in [3.05, 3.63) is 42.6 Å². The molecular weight excluding hydrogens is 297 g/mol. The number of halogens is 3. The Morgan fingerprint density at radius 2 is 1.95 bits per heavy atom. The number of hydrogen-bond donors (Lipinski definition) is 2. The Balaban J connectivity index is 1.91. The van der Waals surface area contributed by atoms with Gasteiger partial charge in [0, 0.05) is 18.0 Å². The van der Waals surface area contributed by atoms with Crippen molar-refractivity contribution < 1.29 is 18.0 Å². The van der Waals surface area contributed by atoms with Crippen LogP contribution in [0.4, 0.5) is 24.7 Å². The predicted molar refractivity (Wildman–Crippen MR) is 76.4 cm³/mol. The molecule has 1 aromatic heterocycles. The van der Waals surface area contributed by atoms with E-state index in [2.05, 4.69) is 15.7 Å². The van der Waals surface area contributed by atoms with Gasteiger partial charge in [0.2, 0.25) is 5.91 Å². The highest BCUT2D eigenvalue weighted by Gasteiger charge is 2.28. The van der Waals surface area contributed by atoms with Crippen molar-refractivity contribution in [1.29, 1.82) is 0 Å². The molecule has 0 aliphatic carbocycles. The SMILES string of the molecule is C[C@H](Nc1ccn(CC(F)(F)F)n1)C(=O)Nc1ccccc1. The smallest absolute Gasteiger partial charge is 0.357 e. The molecule has 22 heavy (non-hydrogen) atoms. The second kappa shape index (κ2) is 6.50. The highest BCUT2D eigenvalue weighted by Crippen LogP contribution is 2.18. The number of hydrogen-bond acceptors (Lipinski definition) is 3. The van der Waals surface area contributed by atoms with Gasteiger partial charge in [-0.2, -0.15) is 18.3 Å². The van der Waals surface area contributed by atoms with E-state index in [1.807, 2.05) is 6.07 Å². The molecule has 0 fully saturated rings. The summed E-state index contributed by atoms with van der Waals surface area (Å²) in [7, 11) is 0. The number of rotatable bonds is 5. The lowest BCUT2D eigenvalue weighted by Crippen LogP contribution is -2.32. The number of benzene rings is 1. The van der Waals surface area contributed by atoms with Crippen molar-refractivity contribution in [2.24, 2.45) is 0 Å². The highest BCUT2D eigenvalue weighted by atomic mass is 19.4. The Hall–Kier alpha value is -2.51. The van der Waals surface area contributed by atoms with Crippen LogP contribution in [0, 0.1) is 0 Å². The number of nitrogens with zero attached hydrogens (tertiary/aromatic N) is 2. The van der Waals surface area contributed by atoms with Crippen LogP contribution < -0.4 is 10.6 Å². The fourth-order valence-electron chi connectivity index (χ4n) is 1.77. The molecule has 5 nitrogen and oxygen atoms in total. The topological polar surface area (TPSA) is 59.0 Å². The van der Waals surface area contributed by atoms with E-state index in [0.717, 1.165) is 4.68 Å². The minimum atomic E-state index is -4.33. The van der Waals surface area contributed by atoms with Gasteiger partial charge in [-0.25, -0.2) is 0 Å². The van der Waals surface area contributed by atoms with Crippen LogP contribution in [0.5, 0.6) is 0 Å². The van der Waals surface area contributed by atoms with Gasteiger partial charge >= 0.3 is 6.18 Å². The summed E-state index contributed by atoms with van der Waals surface area (Å²) < 4.78 is 37.5. The molecule has 1 atom stereocenters. The number of nitrogens with one attached hydrogen (secondary N) is 2. The van der Waals surface area contributed by atoms with Gasteiger partial charge in [0.25, 0.3) is 0 Å².